The molecule has 122 valence electrons. The van der Waals surface area contributed by atoms with E-state index >= 15 is 0 Å². The molecule has 0 heterocycles. The lowest BCUT2D eigenvalue weighted by molar-refractivity contribution is 0.414. The number of halogens is 1. The molecule has 0 amide bonds. The molecule has 0 aromatic heterocycles. The lowest BCUT2D eigenvalue weighted by atomic mass is 9.91. The number of alkyl halides is 1. The first-order valence-corrected chi connectivity index (χ1v) is 8.27. The molecule has 0 N–H and O–H groups in total. The van der Waals surface area contributed by atoms with E-state index in [9.17, 15) is 0 Å². The van der Waals surface area contributed by atoms with Gasteiger partial charge in [0.2, 0.25) is 0 Å². The van der Waals surface area contributed by atoms with Crippen LogP contribution in [0.25, 0.3) is 22.3 Å². The van der Waals surface area contributed by atoms with Crippen LogP contribution >= 0.6 is 11.6 Å². The van der Waals surface area contributed by atoms with Gasteiger partial charge in [0.1, 0.15) is 11.5 Å². The van der Waals surface area contributed by atoms with Crippen LogP contribution in [0.5, 0.6) is 11.5 Å². The molecule has 0 saturated carbocycles. The summed E-state index contributed by atoms with van der Waals surface area (Å²) in [7, 11) is 3.34. The highest BCUT2D eigenvalue weighted by Crippen LogP contribution is 2.37. The van der Waals surface area contributed by atoms with Gasteiger partial charge in [0.25, 0.3) is 0 Å². The summed E-state index contributed by atoms with van der Waals surface area (Å²) in [6.07, 6.45) is 0. The normalized spacial score (nSPS) is 10.5. The summed E-state index contributed by atoms with van der Waals surface area (Å²) in [4.78, 5) is 0. The van der Waals surface area contributed by atoms with Crippen LogP contribution in [-0.2, 0) is 5.88 Å². The average molecular weight is 339 g/mol. The fourth-order valence-electron chi connectivity index (χ4n) is 2.82. The number of methoxy groups -OCH3 is 2. The molecule has 0 saturated heterocycles. The molecule has 0 bridgehead atoms. The Balaban J connectivity index is 2.15. The van der Waals surface area contributed by atoms with E-state index in [0.717, 1.165) is 39.3 Å². The molecule has 3 heteroatoms. The van der Waals surface area contributed by atoms with Crippen molar-refractivity contribution in [3.8, 4) is 33.8 Å². The van der Waals surface area contributed by atoms with Gasteiger partial charge in [-0.2, -0.15) is 0 Å². The minimum absolute atomic E-state index is 0.464. The van der Waals surface area contributed by atoms with E-state index in [1.807, 2.05) is 30.3 Å². The van der Waals surface area contributed by atoms with Crippen molar-refractivity contribution in [1.82, 2.24) is 0 Å². The van der Waals surface area contributed by atoms with E-state index < -0.39 is 0 Å². The second-order valence-corrected chi connectivity index (χ2v) is 5.70. The molecule has 0 aliphatic rings. The van der Waals surface area contributed by atoms with Crippen molar-refractivity contribution in [1.29, 1.82) is 0 Å². The summed E-state index contributed by atoms with van der Waals surface area (Å²) in [6.45, 7) is 0. The van der Waals surface area contributed by atoms with E-state index in [0.29, 0.717) is 5.88 Å². The van der Waals surface area contributed by atoms with Crippen molar-refractivity contribution < 1.29 is 9.47 Å². The number of benzene rings is 3. The predicted octanol–water partition coefficient (Wildman–Crippen LogP) is 5.78. The standard InChI is InChI=1S/C21H19ClO2/c1-23-18-10-6-15(7-11-18)20-5-3-4-17(14-22)21(20)16-8-12-19(24-2)13-9-16/h3-13H,14H2,1-2H3. The Morgan fingerprint density at radius 2 is 1.25 bits per heavy atom. The Kier molecular flexibility index (Phi) is 5.07. The number of hydrogen-bond donors (Lipinski definition) is 0. The summed E-state index contributed by atoms with van der Waals surface area (Å²) in [5.74, 6) is 2.15. The van der Waals surface area contributed by atoms with E-state index in [-0.39, 0.29) is 0 Å². The van der Waals surface area contributed by atoms with Gasteiger partial charge in [-0.05, 0) is 52.1 Å². The monoisotopic (exact) mass is 338 g/mol. The highest BCUT2D eigenvalue weighted by Gasteiger charge is 2.12. The zero-order valence-electron chi connectivity index (χ0n) is 13.8. The van der Waals surface area contributed by atoms with Crippen molar-refractivity contribution in [2.75, 3.05) is 14.2 Å². The van der Waals surface area contributed by atoms with Crippen molar-refractivity contribution in [3.63, 3.8) is 0 Å². The van der Waals surface area contributed by atoms with Crippen LogP contribution in [0.15, 0.2) is 66.7 Å². The first-order valence-electron chi connectivity index (χ1n) is 7.73. The van der Waals surface area contributed by atoms with Crippen LogP contribution in [0.3, 0.4) is 0 Å². The van der Waals surface area contributed by atoms with E-state index in [2.05, 4.69) is 36.4 Å². The summed E-state index contributed by atoms with van der Waals surface area (Å²) in [5.41, 5.74) is 5.67. The minimum atomic E-state index is 0.464. The molecule has 3 aromatic rings. The number of hydrogen-bond acceptors (Lipinski definition) is 2. The van der Waals surface area contributed by atoms with E-state index in [1.54, 1.807) is 14.2 Å². The smallest absolute Gasteiger partial charge is 0.118 e. The molecule has 0 spiro atoms. The van der Waals surface area contributed by atoms with Crippen LogP contribution < -0.4 is 9.47 Å². The van der Waals surface area contributed by atoms with Gasteiger partial charge < -0.3 is 9.47 Å². The van der Waals surface area contributed by atoms with Gasteiger partial charge in [0.15, 0.2) is 0 Å². The Hall–Kier alpha value is -2.45. The molecule has 3 rings (SSSR count). The maximum atomic E-state index is 6.20. The Morgan fingerprint density at radius 3 is 1.75 bits per heavy atom. The zero-order valence-corrected chi connectivity index (χ0v) is 14.5. The maximum absolute atomic E-state index is 6.20. The van der Waals surface area contributed by atoms with Crippen LogP contribution in [0.2, 0.25) is 0 Å². The minimum Gasteiger partial charge on any atom is -0.497 e. The lowest BCUT2D eigenvalue weighted by Gasteiger charge is -2.15. The third-order valence-corrected chi connectivity index (χ3v) is 4.36. The van der Waals surface area contributed by atoms with E-state index in [1.165, 1.54) is 0 Å². The molecule has 0 fully saturated rings. The number of rotatable bonds is 5. The van der Waals surface area contributed by atoms with Gasteiger partial charge >= 0.3 is 0 Å². The highest BCUT2D eigenvalue weighted by atomic mass is 35.5. The third-order valence-electron chi connectivity index (χ3n) is 4.07. The molecule has 0 atom stereocenters. The molecular weight excluding hydrogens is 320 g/mol. The fraction of sp³-hybridized carbons (Fsp3) is 0.143. The second kappa shape index (κ2) is 7.41. The maximum Gasteiger partial charge on any atom is 0.118 e. The molecular formula is C21H19ClO2. The molecule has 0 unspecified atom stereocenters. The van der Waals surface area contributed by atoms with Gasteiger partial charge in [-0.15, -0.1) is 11.6 Å². The molecule has 0 radical (unpaired) electrons. The van der Waals surface area contributed by atoms with Gasteiger partial charge in [0, 0.05) is 5.88 Å². The van der Waals surface area contributed by atoms with Crippen molar-refractivity contribution >= 4 is 11.6 Å². The quantitative estimate of drug-likeness (QED) is 0.549. The van der Waals surface area contributed by atoms with Gasteiger partial charge in [-0.1, -0.05) is 42.5 Å². The SMILES string of the molecule is COc1ccc(-c2cccc(CCl)c2-c2ccc(OC)cc2)cc1. The van der Waals surface area contributed by atoms with Crippen molar-refractivity contribution in [2.24, 2.45) is 0 Å². The Bertz CT molecular complexity index is 808. The molecule has 0 aliphatic heterocycles. The van der Waals surface area contributed by atoms with E-state index in [4.69, 9.17) is 21.1 Å². The summed E-state index contributed by atoms with van der Waals surface area (Å²) >= 11 is 6.20. The summed E-state index contributed by atoms with van der Waals surface area (Å²) in [5, 5.41) is 0. The Morgan fingerprint density at radius 1 is 0.708 bits per heavy atom. The first-order chi connectivity index (χ1) is 11.8. The van der Waals surface area contributed by atoms with Crippen LogP contribution in [0.4, 0.5) is 0 Å². The average Bonchev–Trinajstić information content (AvgIpc) is 2.67. The van der Waals surface area contributed by atoms with Crippen molar-refractivity contribution in [2.45, 2.75) is 5.88 Å². The highest BCUT2D eigenvalue weighted by molar-refractivity contribution is 6.17. The third kappa shape index (κ3) is 3.24. The van der Waals surface area contributed by atoms with Gasteiger partial charge in [0.05, 0.1) is 14.2 Å². The van der Waals surface area contributed by atoms with Crippen LogP contribution in [0, 0.1) is 0 Å². The van der Waals surface area contributed by atoms with Gasteiger partial charge in [-0.3, -0.25) is 0 Å². The summed E-state index contributed by atoms with van der Waals surface area (Å²) in [6, 6.07) is 22.4. The van der Waals surface area contributed by atoms with Gasteiger partial charge in [-0.25, -0.2) is 0 Å². The largest absolute Gasteiger partial charge is 0.497 e. The lowest BCUT2D eigenvalue weighted by Crippen LogP contribution is -1.92. The van der Waals surface area contributed by atoms with Crippen molar-refractivity contribution in [3.05, 3.63) is 72.3 Å². The molecule has 3 aromatic carbocycles. The molecule has 24 heavy (non-hydrogen) atoms. The molecule has 0 aliphatic carbocycles. The summed E-state index contributed by atoms with van der Waals surface area (Å²) < 4.78 is 10.5. The van der Waals surface area contributed by atoms with Crippen LogP contribution in [0.1, 0.15) is 5.56 Å². The Labute approximate surface area is 147 Å². The zero-order chi connectivity index (χ0) is 16.9. The predicted molar refractivity (Wildman–Crippen MR) is 100.0 cm³/mol. The molecule has 2 nitrogen and oxygen atoms in total. The fourth-order valence-corrected chi connectivity index (χ4v) is 3.04. The first kappa shape index (κ1) is 16.4. The number of ether oxygens (including phenoxy) is 2. The van der Waals surface area contributed by atoms with Crippen LogP contribution in [-0.4, -0.2) is 14.2 Å². The second-order valence-electron chi connectivity index (χ2n) is 5.43. The topological polar surface area (TPSA) is 18.5 Å².